The lowest BCUT2D eigenvalue weighted by Crippen LogP contribution is -2.22. The molecule has 0 spiro atoms. The molecule has 0 radical (unpaired) electrons. The zero-order chi connectivity index (χ0) is 20.0. The molecule has 0 aliphatic rings. The van der Waals surface area contributed by atoms with E-state index < -0.39 is 34.8 Å². The fourth-order valence-electron chi connectivity index (χ4n) is 2.90. The van der Waals surface area contributed by atoms with Gasteiger partial charge in [0.2, 0.25) is 0 Å². The van der Waals surface area contributed by atoms with Gasteiger partial charge in [0.1, 0.15) is 0 Å². The number of hydrogen-bond donors (Lipinski definition) is 2. The van der Waals surface area contributed by atoms with Crippen LogP contribution in [0.4, 0.5) is 13.2 Å². The molecular formula is C17H21F3N4O2S. The largest absolute Gasteiger partial charge is 0.481 e. The Balaban J connectivity index is 2.21. The van der Waals surface area contributed by atoms with Crippen molar-refractivity contribution in [3.8, 4) is 0 Å². The van der Waals surface area contributed by atoms with Crippen LogP contribution in [-0.2, 0) is 11.0 Å². The van der Waals surface area contributed by atoms with Gasteiger partial charge in [-0.05, 0) is 24.0 Å². The molecule has 2 aromatic rings. The summed E-state index contributed by atoms with van der Waals surface area (Å²) in [6.07, 6.45) is -3.37. The number of aromatic amines is 1. The van der Waals surface area contributed by atoms with E-state index in [0.29, 0.717) is 18.6 Å². The molecule has 3 unspecified atom stereocenters. The van der Waals surface area contributed by atoms with Crippen molar-refractivity contribution >= 4 is 17.7 Å². The van der Waals surface area contributed by atoms with Gasteiger partial charge in [-0.25, -0.2) is 0 Å². The second-order valence-electron chi connectivity index (χ2n) is 6.24. The Kier molecular flexibility index (Phi) is 7.23. The summed E-state index contributed by atoms with van der Waals surface area (Å²) in [5.74, 6) is -1.62. The third kappa shape index (κ3) is 5.44. The smallest absolute Gasteiger partial charge is 0.416 e. The van der Waals surface area contributed by atoms with Gasteiger partial charge in [-0.1, -0.05) is 43.7 Å². The second kappa shape index (κ2) is 9.20. The summed E-state index contributed by atoms with van der Waals surface area (Å²) in [7, 11) is 0. The molecule has 27 heavy (non-hydrogen) atoms. The Hall–Kier alpha value is -2.10. The first-order valence-corrected chi connectivity index (χ1v) is 9.54. The minimum absolute atomic E-state index is 0.187. The van der Waals surface area contributed by atoms with Gasteiger partial charge in [0.15, 0.2) is 5.82 Å². The van der Waals surface area contributed by atoms with E-state index in [4.69, 9.17) is 0 Å². The minimum atomic E-state index is -4.44. The highest BCUT2D eigenvalue weighted by atomic mass is 32.2. The normalized spacial score (nSPS) is 15.3. The molecule has 6 nitrogen and oxygen atoms in total. The molecule has 0 bridgehead atoms. The standard InChI is InChI=1S/C17H21F3N4O2S/c1-3-6-12(16(25)26)14(15-21-23-24-22-15)27-9-10(2)11-7-4-5-8-13(11)17(18,19)20/h4-5,7-8,10,12,14H,3,6,9H2,1-2H3,(H,25,26)(H,21,22,23,24). The fraction of sp³-hybridized carbons (Fsp3) is 0.529. The monoisotopic (exact) mass is 402 g/mol. The number of H-pyrrole nitrogens is 1. The lowest BCUT2D eigenvalue weighted by molar-refractivity contribution is -0.142. The van der Waals surface area contributed by atoms with E-state index in [9.17, 15) is 23.1 Å². The van der Waals surface area contributed by atoms with Gasteiger partial charge < -0.3 is 5.11 Å². The van der Waals surface area contributed by atoms with Gasteiger partial charge in [0.25, 0.3) is 0 Å². The van der Waals surface area contributed by atoms with Crippen molar-refractivity contribution in [1.29, 1.82) is 0 Å². The molecule has 0 saturated heterocycles. The van der Waals surface area contributed by atoms with Gasteiger partial charge in [-0.3, -0.25) is 4.79 Å². The number of benzene rings is 1. The van der Waals surface area contributed by atoms with Crippen molar-refractivity contribution in [2.75, 3.05) is 5.75 Å². The SMILES string of the molecule is CCCC(C(=O)O)C(SCC(C)c1ccccc1C(F)(F)F)c1nn[nH]n1. The second-order valence-corrected chi connectivity index (χ2v) is 7.42. The van der Waals surface area contributed by atoms with Gasteiger partial charge in [-0.2, -0.15) is 18.4 Å². The first-order valence-electron chi connectivity index (χ1n) is 8.49. The number of thioether (sulfide) groups is 1. The lowest BCUT2D eigenvalue weighted by Gasteiger charge is -2.23. The summed E-state index contributed by atoms with van der Waals surface area (Å²) in [4.78, 5) is 11.7. The average molecular weight is 402 g/mol. The number of carboxylic acid groups (broad SMARTS) is 1. The first-order chi connectivity index (χ1) is 12.8. The molecule has 1 aromatic carbocycles. The number of rotatable bonds is 9. The van der Waals surface area contributed by atoms with Crippen LogP contribution in [0.15, 0.2) is 24.3 Å². The number of tetrazole rings is 1. The van der Waals surface area contributed by atoms with Crippen LogP contribution in [0.5, 0.6) is 0 Å². The van der Waals surface area contributed by atoms with Crippen molar-refractivity contribution in [2.24, 2.45) is 5.92 Å². The maximum Gasteiger partial charge on any atom is 0.416 e. The minimum Gasteiger partial charge on any atom is -0.481 e. The van der Waals surface area contributed by atoms with Crippen molar-refractivity contribution in [3.63, 3.8) is 0 Å². The van der Waals surface area contributed by atoms with E-state index in [2.05, 4.69) is 20.6 Å². The molecule has 3 atom stereocenters. The van der Waals surface area contributed by atoms with Crippen molar-refractivity contribution in [1.82, 2.24) is 20.6 Å². The van der Waals surface area contributed by atoms with Crippen LogP contribution in [0, 0.1) is 5.92 Å². The molecule has 148 valence electrons. The van der Waals surface area contributed by atoms with Crippen molar-refractivity contribution in [3.05, 3.63) is 41.2 Å². The molecule has 10 heteroatoms. The maximum absolute atomic E-state index is 13.2. The molecule has 0 saturated carbocycles. The fourth-order valence-corrected chi connectivity index (χ4v) is 4.31. The maximum atomic E-state index is 13.2. The Labute approximate surface area is 158 Å². The topological polar surface area (TPSA) is 91.8 Å². The van der Waals surface area contributed by atoms with E-state index in [1.807, 2.05) is 6.92 Å². The number of carbonyl (C=O) groups is 1. The van der Waals surface area contributed by atoms with E-state index in [1.165, 1.54) is 23.9 Å². The number of hydrogen-bond acceptors (Lipinski definition) is 5. The van der Waals surface area contributed by atoms with E-state index in [1.54, 1.807) is 13.0 Å². The van der Waals surface area contributed by atoms with Crippen LogP contribution in [0.25, 0.3) is 0 Å². The first kappa shape index (κ1) is 21.2. The molecule has 0 aliphatic carbocycles. The number of alkyl halides is 3. The summed E-state index contributed by atoms with van der Waals surface area (Å²) >= 11 is 1.24. The summed E-state index contributed by atoms with van der Waals surface area (Å²) in [5.41, 5.74) is -0.482. The third-order valence-electron chi connectivity index (χ3n) is 4.22. The molecule has 2 N–H and O–H groups in total. The van der Waals surface area contributed by atoms with Crippen molar-refractivity contribution < 1.29 is 23.1 Å². The van der Waals surface area contributed by atoms with Gasteiger partial charge in [0, 0.05) is 5.75 Å². The molecule has 1 aromatic heterocycles. The van der Waals surface area contributed by atoms with Crippen LogP contribution in [0.3, 0.4) is 0 Å². The number of nitrogens with one attached hydrogen (secondary N) is 1. The zero-order valence-corrected chi connectivity index (χ0v) is 15.7. The van der Waals surface area contributed by atoms with Crippen LogP contribution in [-0.4, -0.2) is 37.5 Å². The number of aromatic nitrogens is 4. The lowest BCUT2D eigenvalue weighted by atomic mass is 9.97. The van der Waals surface area contributed by atoms with Crippen molar-refractivity contribution in [2.45, 2.75) is 44.0 Å². The summed E-state index contributed by atoms with van der Waals surface area (Å²) < 4.78 is 39.7. The highest BCUT2D eigenvalue weighted by Crippen LogP contribution is 2.41. The van der Waals surface area contributed by atoms with E-state index >= 15 is 0 Å². The predicted molar refractivity (Wildman–Crippen MR) is 95.3 cm³/mol. The van der Waals surface area contributed by atoms with Crippen LogP contribution < -0.4 is 0 Å². The molecule has 0 aliphatic heterocycles. The Bertz CT molecular complexity index is 740. The zero-order valence-electron chi connectivity index (χ0n) is 14.9. The van der Waals surface area contributed by atoms with Crippen LogP contribution in [0.2, 0.25) is 0 Å². The number of nitrogens with zero attached hydrogens (tertiary/aromatic N) is 3. The summed E-state index contributed by atoms with van der Waals surface area (Å²) in [5, 5.41) is 22.6. The quantitative estimate of drug-likeness (QED) is 0.650. The number of carboxylic acids is 1. The average Bonchev–Trinajstić information content (AvgIpc) is 3.14. The van der Waals surface area contributed by atoms with Gasteiger partial charge in [-0.15, -0.1) is 22.0 Å². The summed E-state index contributed by atoms with van der Waals surface area (Å²) in [6, 6.07) is 5.44. The molecule has 0 fully saturated rings. The molecule has 0 amide bonds. The van der Waals surface area contributed by atoms with E-state index in [-0.39, 0.29) is 11.4 Å². The number of halogens is 3. The Morgan fingerprint density at radius 3 is 2.59 bits per heavy atom. The van der Waals surface area contributed by atoms with Crippen LogP contribution in [0.1, 0.15) is 54.8 Å². The molecule has 2 rings (SSSR count). The third-order valence-corrected chi connectivity index (χ3v) is 5.81. The predicted octanol–water partition coefficient (Wildman–Crippen LogP) is 4.30. The Morgan fingerprint density at radius 1 is 1.33 bits per heavy atom. The van der Waals surface area contributed by atoms with E-state index in [0.717, 1.165) is 6.07 Å². The Morgan fingerprint density at radius 2 is 2.04 bits per heavy atom. The van der Waals surface area contributed by atoms with Gasteiger partial charge in [0.05, 0.1) is 16.7 Å². The highest BCUT2D eigenvalue weighted by molar-refractivity contribution is 7.99. The summed E-state index contributed by atoms with van der Waals surface area (Å²) in [6.45, 7) is 3.57. The molecule has 1 heterocycles. The highest BCUT2D eigenvalue weighted by Gasteiger charge is 2.36. The molecular weight excluding hydrogens is 381 g/mol. The van der Waals surface area contributed by atoms with Gasteiger partial charge >= 0.3 is 12.1 Å². The van der Waals surface area contributed by atoms with Crippen LogP contribution >= 0.6 is 11.8 Å². The number of aliphatic carboxylic acids is 1.